The van der Waals surface area contributed by atoms with E-state index in [0.717, 1.165) is 18.7 Å². The molecule has 1 N–H and O–H groups in total. The number of nitrogens with one attached hydrogen (secondary N) is 1. The van der Waals surface area contributed by atoms with Gasteiger partial charge in [0.1, 0.15) is 5.75 Å². The molecule has 0 saturated heterocycles. The molecule has 0 aliphatic carbocycles. The van der Waals surface area contributed by atoms with E-state index < -0.39 is 0 Å². The highest BCUT2D eigenvalue weighted by Crippen LogP contribution is 2.20. The molecule has 1 rings (SSSR count). The maximum Gasteiger partial charge on any atom is 0.220 e. The van der Waals surface area contributed by atoms with Crippen LogP contribution < -0.4 is 10.1 Å². The van der Waals surface area contributed by atoms with Crippen molar-refractivity contribution in [2.24, 2.45) is 5.92 Å². The Morgan fingerprint density at radius 2 is 2.05 bits per heavy atom. The summed E-state index contributed by atoms with van der Waals surface area (Å²) in [6.45, 7) is 9.63. The third-order valence-corrected chi connectivity index (χ3v) is 3.07. The third-order valence-electron chi connectivity index (χ3n) is 3.07. The minimum atomic E-state index is 0.110. The first kappa shape index (κ1) is 15.5. The van der Waals surface area contributed by atoms with E-state index >= 15 is 0 Å². The van der Waals surface area contributed by atoms with Gasteiger partial charge in [-0.2, -0.15) is 0 Å². The van der Waals surface area contributed by atoms with Crippen LogP contribution in [0.15, 0.2) is 18.2 Å². The third kappa shape index (κ3) is 5.77. The first-order valence-corrected chi connectivity index (χ1v) is 6.96. The largest absolute Gasteiger partial charge is 0.493 e. The zero-order valence-corrected chi connectivity index (χ0v) is 12.5. The molecule has 0 aliphatic heterocycles. The Bertz CT molecular complexity index is 413. The van der Waals surface area contributed by atoms with Gasteiger partial charge in [-0.05, 0) is 43.4 Å². The second-order valence-corrected chi connectivity index (χ2v) is 5.35. The van der Waals surface area contributed by atoms with Crippen molar-refractivity contribution >= 4 is 5.91 Å². The number of hydrogen-bond donors (Lipinski definition) is 1. The molecule has 106 valence electrons. The summed E-state index contributed by atoms with van der Waals surface area (Å²) in [7, 11) is 0. The van der Waals surface area contributed by atoms with Crippen LogP contribution in [0.25, 0.3) is 0 Å². The zero-order valence-electron chi connectivity index (χ0n) is 12.5. The highest BCUT2D eigenvalue weighted by atomic mass is 16.5. The predicted octanol–water partition coefficient (Wildman–Crippen LogP) is 3.23. The van der Waals surface area contributed by atoms with Crippen molar-refractivity contribution in [2.75, 3.05) is 13.2 Å². The van der Waals surface area contributed by atoms with E-state index in [9.17, 15) is 4.79 Å². The van der Waals surface area contributed by atoms with Gasteiger partial charge in [0.2, 0.25) is 5.91 Å². The van der Waals surface area contributed by atoms with Crippen molar-refractivity contribution < 1.29 is 9.53 Å². The second kappa shape index (κ2) is 7.82. The standard InChI is InChI=1S/C16H25NO2/c1-12(2)11-17-16(18)9-6-10-19-15-8-5-7-13(3)14(15)4/h5,7-8,12H,6,9-11H2,1-4H3,(H,17,18). The monoisotopic (exact) mass is 263 g/mol. The molecule has 1 aromatic rings. The minimum Gasteiger partial charge on any atom is -0.493 e. The fourth-order valence-corrected chi connectivity index (χ4v) is 1.70. The Morgan fingerprint density at radius 1 is 1.32 bits per heavy atom. The van der Waals surface area contributed by atoms with Gasteiger partial charge in [0, 0.05) is 13.0 Å². The molecule has 1 amide bonds. The summed E-state index contributed by atoms with van der Waals surface area (Å²) in [5, 5.41) is 2.91. The fourth-order valence-electron chi connectivity index (χ4n) is 1.70. The Labute approximate surface area is 116 Å². The van der Waals surface area contributed by atoms with Crippen molar-refractivity contribution in [2.45, 2.75) is 40.5 Å². The van der Waals surface area contributed by atoms with Gasteiger partial charge in [-0.1, -0.05) is 26.0 Å². The van der Waals surface area contributed by atoms with Crippen LogP contribution in [0.5, 0.6) is 5.75 Å². The molecule has 0 atom stereocenters. The lowest BCUT2D eigenvalue weighted by Crippen LogP contribution is -2.27. The van der Waals surface area contributed by atoms with Crippen molar-refractivity contribution in [1.29, 1.82) is 0 Å². The lowest BCUT2D eigenvalue weighted by atomic mass is 10.1. The van der Waals surface area contributed by atoms with Crippen molar-refractivity contribution in [3.63, 3.8) is 0 Å². The van der Waals surface area contributed by atoms with Gasteiger partial charge in [0.15, 0.2) is 0 Å². The number of hydrogen-bond acceptors (Lipinski definition) is 2. The number of ether oxygens (including phenoxy) is 1. The van der Waals surface area contributed by atoms with Crippen LogP contribution in [0.1, 0.15) is 37.8 Å². The summed E-state index contributed by atoms with van der Waals surface area (Å²) in [4.78, 5) is 11.5. The van der Waals surface area contributed by atoms with Crippen molar-refractivity contribution in [1.82, 2.24) is 5.32 Å². The van der Waals surface area contributed by atoms with Gasteiger partial charge in [0.25, 0.3) is 0 Å². The van der Waals surface area contributed by atoms with Crippen LogP contribution in [0.4, 0.5) is 0 Å². The summed E-state index contributed by atoms with van der Waals surface area (Å²) in [6.07, 6.45) is 1.27. The number of benzene rings is 1. The van der Waals surface area contributed by atoms with Gasteiger partial charge in [-0.3, -0.25) is 4.79 Å². The molecule has 0 saturated carbocycles. The molecule has 3 heteroatoms. The summed E-state index contributed by atoms with van der Waals surface area (Å²) in [5.41, 5.74) is 2.40. The molecule has 0 bridgehead atoms. The molecule has 0 aromatic heterocycles. The van der Waals surface area contributed by atoms with Gasteiger partial charge in [0.05, 0.1) is 6.61 Å². The number of amides is 1. The van der Waals surface area contributed by atoms with Crippen molar-refractivity contribution in [3.05, 3.63) is 29.3 Å². The fraction of sp³-hybridized carbons (Fsp3) is 0.562. The van der Waals surface area contributed by atoms with Crippen LogP contribution in [0.2, 0.25) is 0 Å². The van der Waals surface area contributed by atoms with E-state index in [4.69, 9.17) is 4.74 Å². The van der Waals surface area contributed by atoms with E-state index in [0.29, 0.717) is 18.9 Å². The van der Waals surface area contributed by atoms with E-state index in [1.807, 2.05) is 12.1 Å². The van der Waals surface area contributed by atoms with Crippen LogP contribution in [-0.2, 0) is 4.79 Å². The molecule has 0 spiro atoms. The summed E-state index contributed by atoms with van der Waals surface area (Å²) in [6, 6.07) is 6.04. The molecule has 0 fully saturated rings. The first-order chi connectivity index (χ1) is 9.00. The van der Waals surface area contributed by atoms with Gasteiger partial charge in [-0.25, -0.2) is 0 Å². The molecular formula is C16H25NO2. The molecule has 0 heterocycles. The summed E-state index contributed by atoms with van der Waals surface area (Å²) in [5.74, 6) is 1.52. The smallest absolute Gasteiger partial charge is 0.220 e. The predicted molar refractivity (Wildman–Crippen MR) is 78.5 cm³/mol. The number of aryl methyl sites for hydroxylation is 1. The van der Waals surface area contributed by atoms with E-state index in [2.05, 4.69) is 39.1 Å². The number of rotatable bonds is 7. The molecular weight excluding hydrogens is 238 g/mol. The average molecular weight is 263 g/mol. The maximum atomic E-state index is 11.5. The first-order valence-electron chi connectivity index (χ1n) is 6.96. The van der Waals surface area contributed by atoms with Crippen LogP contribution in [0.3, 0.4) is 0 Å². The Balaban J connectivity index is 2.24. The zero-order chi connectivity index (χ0) is 14.3. The molecule has 0 unspecified atom stereocenters. The lowest BCUT2D eigenvalue weighted by Gasteiger charge is -2.11. The summed E-state index contributed by atoms with van der Waals surface area (Å²) < 4.78 is 5.71. The van der Waals surface area contributed by atoms with Crippen molar-refractivity contribution in [3.8, 4) is 5.75 Å². The maximum absolute atomic E-state index is 11.5. The average Bonchev–Trinajstić information content (AvgIpc) is 2.37. The molecule has 0 radical (unpaired) electrons. The van der Waals surface area contributed by atoms with Gasteiger partial charge in [-0.15, -0.1) is 0 Å². The highest BCUT2D eigenvalue weighted by molar-refractivity contribution is 5.75. The Morgan fingerprint density at radius 3 is 2.74 bits per heavy atom. The van der Waals surface area contributed by atoms with Gasteiger partial charge < -0.3 is 10.1 Å². The Kier molecular flexibility index (Phi) is 6.40. The molecule has 3 nitrogen and oxygen atoms in total. The quantitative estimate of drug-likeness (QED) is 0.767. The summed E-state index contributed by atoms with van der Waals surface area (Å²) >= 11 is 0. The topological polar surface area (TPSA) is 38.3 Å². The lowest BCUT2D eigenvalue weighted by molar-refractivity contribution is -0.121. The van der Waals surface area contributed by atoms with E-state index in [-0.39, 0.29) is 5.91 Å². The molecule has 1 aromatic carbocycles. The Hall–Kier alpha value is -1.51. The van der Waals surface area contributed by atoms with E-state index in [1.54, 1.807) is 0 Å². The highest BCUT2D eigenvalue weighted by Gasteiger charge is 2.04. The molecule has 19 heavy (non-hydrogen) atoms. The number of carbonyl (C=O) groups excluding carboxylic acids is 1. The van der Waals surface area contributed by atoms with Crippen LogP contribution in [-0.4, -0.2) is 19.1 Å². The number of carbonyl (C=O) groups is 1. The minimum absolute atomic E-state index is 0.110. The van der Waals surface area contributed by atoms with Gasteiger partial charge >= 0.3 is 0 Å². The van der Waals surface area contributed by atoms with Crippen LogP contribution in [0, 0.1) is 19.8 Å². The SMILES string of the molecule is Cc1cccc(OCCCC(=O)NCC(C)C)c1C. The molecule has 0 aliphatic rings. The van der Waals surface area contributed by atoms with Crippen LogP contribution >= 0.6 is 0 Å². The normalized spacial score (nSPS) is 10.6. The van der Waals surface area contributed by atoms with E-state index in [1.165, 1.54) is 11.1 Å². The second-order valence-electron chi connectivity index (χ2n) is 5.35.